The molecule has 12 rings (SSSR count). The number of para-hydroxylation sites is 3. The molecular weight excluding hydrogens is 709 g/mol. The molecule has 3 aromatic heterocycles. The summed E-state index contributed by atoms with van der Waals surface area (Å²) in [6, 6.07) is 75.6. The lowest BCUT2D eigenvalue weighted by atomic mass is 9.96. The van der Waals surface area contributed by atoms with E-state index in [0.29, 0.717) is 0 Å². The third kappa shape index (κ3) is 5.03. The second-order valence-electron chi connectivity index (χ2n) is 14.9. The zero-order valence-electron chi connectivity index (χ0n) is 30.9. The summed E-state index contributed by atoms with van der Waals surface area (Å²) in [7, 11) is 0. The zero-order valence-corrected chi connectivity index (χ0v) is 31.7. The van der Waals surface area contributed by atoms with Gasteiger partial charge >= 0.3 is 0 Å². The highest BCUT2D eigenvalue weighted by Gasteiger charge is 2.18. The number of thiophene rings is 1. The molecule has 9 aromatic carbocycles. The molecule has 2 nitrogen and oxygen atoms in total. The molecule has 0 aliphatic heterocycles. The van der Waals surface area contributed by atoms with Gasteiger partial charge in [0.15, 0.2) is 0 Å². The van der Waals surface area contributed by atoms with Crippen molar-refractivity contribution >= 4 is 75.1 Å². The summed E-state index contributed by atoms with van der Waals surface area (Å²) in [5.41, 5.74) is 14.6. The highest BCUT2D eigenvalue weighted by atomic mass is 32.1. The summed E-state index contributed by atoms with van der Waals surface area (Å²) in [5.74, 6) is 0. The van der Waals surface area contributed by atoms with Gasteiger partial charge < -0.3 is 9.13 Å². The van der Waals surface area contributed by atoms with Gasteiger partial charge in [-0.1, -0.05) is 133 Å². The first-order valence-corrected chi connectivity index (χ1v) is 20.3. The van der Waals surface area contributed by atoms with Crippen molar-refractivity contribution in [1.29, 1.82) is 0 Å². The Balaban J connectivity index is 0.986. The molecule has 0 atom stereocenters. The summed E-state index contributed by atoms with van der Waals surface area (Å²) in [6.45, 7) is 0. The number of hydrogen-bond acceptors (Lipinski definition) is 1. The average molecular weight is 743 g/mol. The minimum Gasteiger partial charge on any atom is -0.309 e. The third-order valence-corrected chi connectivity index (χ3v) is 12.8. The minimum absolute atomic E-state index is 1.17. The van der Waals surface area contributed by atoms with E-state index in [9.17, 15) is 0 Å². The van der Waals surface area contributed by atoms with Crippen LogP contribution in [0, 0.1) is 0 Å². The van der Waals surface area contributed by atoms with E-state index in [-0.39, 0.29) is 0 Å². The number of rotatable bonds is 5. The monoisotopic (exact) mass is 742 g/mol. The molecule has 0 aliphatic rings. The van der Waals surface area contributed by atoms with Crippen molar-refractivity contribution < 1.29 is 0 Å². The van der Waals surface area contributed by atoms with Crippen LogP contribution in [0.1, 0.15) is 0 Å². The van der Waals surface area contributed by atoms with Crippen LogP contribution in [0.2, 0.25) is 0 Å². The summed E-state index contributed by atoms with van der Waals surface area (Å²) >= 11 is 1.88. The van der Waals surface area contributed by atoms with Gasteiger partial charge in [0.2, 0.25) is 0 Å². The van der Waals surface area contributed by atoms with Crippen molar-refractivity contribution in [3.05, 3.63) is 206 Å². The highest BCUT2D eigenvalue weighted by Crippen LogP contribution is 2.43. The molecule has 0 saturated carbocycles. The van der Waals surface area contributed by atoms with Gasteiger partial charge in [-0.05, 0) is 106 Å². The molecule has 0 N–H and O–H groups in total. The molecule has 57 heavy (non-hydrogen) atoms. The largest absolute Gasteiger partial charge is 0.309 e. The summed E-state index contributed by atoms with van der Waals surface area (Å²) in [4.78, 5) is 0. The number of nitrogens with zero attached hydrogens (tertiary/aromatic N) is 2. The molecule has 3 heterocycles. The SMILES string of the molecule is c1ccc(-c2cccc(-c3cccc4sc5cc(-n6c7ccccc7c7cc(-c8ccc9c(c8)c8ccccc8n9-c8ccccc8)ccc76)ccc5c34)c2)cc1. The summed E-state index contributed by atoms with van der Waals surface area (Å²) < 4.78 is 7.42. The van der Waals surface area contributed by atoms with Crippen LogP contribution in [0.15, 0.2) is 206 Å². The number of hydrogen-bond donors (Lipinski definition) is 0. The van der Waals surface area contributed by atoms with Crippen LogP contribution in [-0.4, -0.2) is 9.13 Å². The second-order valence-corrected chi connectivity index (χ2v) is 16.0. The molecule has 0 saturated heterocycles. The quantitative estimate of drug-likeness (QED) is 0.166. The van der Waals surface area contributed by atoms with Crippen LogP contribution in [0.5, 0.6) is 0 Å². The summed E-state index contributed by atoms with van der Waals surface area (Å²) in [5, 5.41) is 7.66. The average Bonchev–Trinajstić information content (AvgIpc) is 3.94. The second kappa shape index (κ2) is 12.7. The summed E-state index contributed by atoms with van der Waals surface area (Å²) in [6.07, 6.45) is 0. The molecule has 0 unspecified atom stereocenters. The van der Waals surface area contributed by atoms with Crippen molar-refractivity contribution in [3.8, 4) is 44.8 Å². The first kappa shape index (κ1) is 32.1. The van der Waals surface area contributed by atoms with Gasteiger partial charge in [-0.25, -0.2) is 0 Å². The van der Waals surface area contributed by atoms with E-state index in [1.54, 1.807) is 0 Å². The standard InChI is InChI=1S/C54H34N2S/c1-3-13-35(14-4-1)36-15-11-16-39(31-36)42-21-12-24-52-54(42)45-28-27-41(34-53(45)57-52)56-49-23-10-8-20-44(49)47-33-38(26-30-51(47)56)37-25-29-50-46(32-37)43-19-7-9-22-48(43)55(50)40-17-5-2-6-18-40/h1-34H. The fourth-order valence-electron chi connectivity index (χ4n) is 9.13. The molecule has 0 fully saturated rings. The minimum atomic E-state index is 1.17. The fourth-order valence-corrected chi connectivity index (χ4v) is 10.3. The van der Waals surface area contributed by atoms with E-state index in [4.69, 9.17) is 0 Å². The highest BCUT2D eigenvalue weighted by molar-refractivity contribution is 7.26. The van der Waals surface area contributed by atoms with Crippen molar-refractivity contribution in [2.24, 2.45) is 0 Å². The molecule has 0 amide bonds. The van der Waals surface area contributed by atoms with Crippen LogP contribution in [-0.2, 0) is 0 Å². The fraction of sp³-hybridized carbons (Fsp3) is 0. The van der Waals surface area contributed by atoms with Crippen molar-refractivity contribution in [3.63, 3.8) is 0 Å². The van der Waals surface area contributed by atoms with Crippen LogP contribution >= 0.6 is 11.3 Å². The Morgan fingerprint density at radius 3 is 1.53 bits per heavy atom. The van der Waals surface area contributed by atoms with Gasteiger partial charge in [-0.15, -0.1) is 11.3 Å². The van der Waals surface area contributed by atoms with E-state index in [1.807, 2.05) is 11.3 Å². The van der Waals surface area contributed by atoms with Crippen molar-refractivity contribution in [1.82, 2.24) is 9.13 Å². The molecule has 0 bridgehead atoms. The molecule has 3 heteroatoms. The smallest absolute Gasteiger partial charge is 0.0541 e. The van der Waals surface area contributed by atoms with Crippen LogP contribution in [0.3, 0.4) is 0 Å². The number of fused-ring (bicyclic) bond motifs is 9. The number of aromatic nitrogens is 2. The van der Waals surface area contributed by atoms with Gasteiger partial charge in [0, 0.05) is 53.1 Å². The lowest BCUT2D eigenvalue weighted by Crippen LogP contribution is -1.93. The molecule has 0 aliphatic carbocycles. The molecule has 0 radical (unpaired) electrons. The topological polar surface area (TPSA) is 9.86 Å². The first-order chi connectivity index (χ1) is 28.3. The molecule has 266 valence electrons. The predicted octanol–water partition coefficient (Wildman–Crippen LogP) is 15.2. The maximum Gasteiger partial charge on any atom is 0.0541 e. The predicted molar refractivity (Wildman–Crippen MR) is 244 cm³/mol. The van der Waals surface area contributed by atoms with E-state index in [0.717, 1.165) is 0 Å². The Hall–Kier alpha value is -7.20. The lowest BCUT2D eigenvalue weighted by molar-refractivity contribution is 1.18. The van der Waals surface area contributed by atoms with Gasteiger partial charge in [-0.2, -0.15) is 0 Å². The Labute approximate surface area is 333 Å². The Morgan fingerprint density at radius 1 is 0.281 bits per heavy atom. The van der Waals surface area contributed by atoms with Crippen LogP contribution in [0.25, 0.3) is 109 Å². The van der Waals surface area contributed by atoms with E-state index >= 15 is 0 Å². The Bertz CT molecular complexity index is 3510. The maximum atomic E-state index is 2.44. The number of benzene rings is 9. The van der Waals surface area contributed by atoms with Gasteiger partial charge in [0.1, 0.15) is 0 Å². The van der Waals surface area contributed by atoms with Crippen LogP contribution < -0.4 is 0 Å². The van der Waals surface area contributed by atoms with E-state index < -0.39 is 0 Å². The third-order valence-electron chi connectivity index (χ3n) is 11.7. The van der Waals surface area contributed by atoms with Gasteiger partial charge in [-0.3, -0.25) is 0 Å². The maximum absolute atomic E-state index is 2.44. The molecule has 0 spiro atoms. The van der Waals surface area contributed by atoms with Gasteiger partial charge in [0.05, 0.1) is 22.1 Å². The molecular formula is C54H34N2S. The molecule has 12 aromatic rings. The lowest BCUT2D eigenvalue weighted by Gasteiger charge is -2.10. The van der Waals surface area contributed by atoms with E-state index in [1.165, 1.54) is 109 Å². The van der Waals surface area contributed by atoms with Gasteiger partial charge in [0.25, 0.3) is 0 Å². The zero-order chi connectivity index (χ0) is 37.5. The Kier molecular flexibility index (Phi) is 7.13. The normalized spacial score (nSPS) is 11.9. The Morgan fingerprint density at radius 2 is 0.825 bits per heavy atom. The van der Waals surface area contributed by atoms with E-state index in [2.05, 4.69) is 215 Å². The first-order valence-electron chi connectivity index (χ1n) is 19.5. The van der Waals surface area contributed by atoms with Crippen molar-refractivity contribution in [2.45, 2.75) is 0 Å². The van der Waals surface area contributed by atoms with Crippen molar-refractivity contribution in [2.75, 3.05) is 0 Å². The van der Waals surface area contributed by atoms with Crippen LogP contribution in [0.4, 0.5) is 0 Å².